The predicted octanol–water partition coefficient (Wildman–Crippen LogP) is 7.29. The van der Waals surface area contributed by atoms with Crippen molar-refractivity contribution in [1.82, 2.24) is 0 Å². The Morgan fingerprint density at radius 3 is 2.55 bits per heavy atom. The summed E-state index contributed by atoms with van der Waals surface area (Å²) in [7, 11) is 0. The molecule has 152 valence electrons. The van der Waals surface area contributed by atoms with Crippen molar-refractivity contribution in [1.29, 1.82) is 0 Å². The number of nitrogens with zero attached hydrogens (tertiary/aromatic N) is 2. The molecule has 0 fully saturated rings. The van der Waals surface area contributed by atoms with E-state index in [1.807, 2.05) is 48.5 Å². The highest BCUT2D eigenvalue weighted by Gasteiger charge is 2.35. The SMILES string of the molecule is O=C1/C(=C\c2cccc(Br)c2)N=C(c2sc3ccccc3c2Cl)N1c1ccc(F)cc1. The summed E-state index contributed by atoms with van der Waals surface area (Å²) in [6, 6.07) is 21.2. The molecule has 1 aliphatic heterocycles. The number of aliphatic imine (C=N–C) groups is 1. The van der Waals surface area contributed by atoms with Gasteiger partial charge in [0, 0.05) is 14.6 Å². The summed E-state index contributed by atoms with van der Waals surface area (Å²) in [5.74, 6) is -0.238. The van der Waals surface area contributed by atoms with Crippen molar-refractivity contribution in [2.75, 3.05) is 4.90 Å². The number of carbonyl (C=O) groups excluding carboxylic acids is 1. The topological polar surface area (TPSA) is 32.7 Å². The molecular formula is C24H13BrClFN2OS. The molecular weight excluding hydrogens is 499 g/mol. The van der Waals surface area contributed by atoms with Gasteiger partial charge in [0.25, 0.3) is 5.91 Å². The number of amides is 1. The van der Waals surface area contributed by atoms with Crippen LogP contribution in [0.15, 0.2) is 88.0 Å². The Bertz CT molecular complexity index is 1390. The average molecular weight is 512 g/mol. The molecule has 0 radical (unpaired) electrons. The summed E-state index contributed by atoms with van der Waals surface area (Å²) < 4.78 is 15.4. The van der Waals surface area contributed by atoms with Crippen molar-refractivity contribution in [2.45, 2.75) is 0 Å². The van der Waals surface area contributed by atoms with Crippen LogP contribution in [0.25, 0.3) is 16.2 Å². The van der Waals surface area contributed by atoms with Crippen molar-refractivity contribution < 1.29 is 9.18 Å². The van der Waals surface area contributed by atoms with Crippen LogP contribution in [-0.4, -0.2) is 11.7 Å². The summed E-state index contributed by atoms with van der Waals surface area (Å²) >= 11 is 11.6. The lowest BCUT2D eigenvalue weighted by atomic mass is 10.2. The number of amidine groups is 1. The van der Waals surface area contributed by atoms with Gasteiger partial charge in [0.05, 0.1) is 15.6 Å². The van der Waals surface area contributed by atoms with E-state index in [1.165, 1.54) is 28.4 Å². The second-order valence-electron chi connectivity index (χ2n) is 6.88. The van der Waals surface area contributed by atoms with Crippen LogP contribution in [0.2, 0.25) is 5.02 Å². The Morgan fingerprint density at radius 2 is 1.81 bits per heavy atom. The summed E-state index contributed by atoms with van der Waals surface area (Å²) in [5, 5.41) is 1.45. The number of halogens is 3. The van der Waals surface area contributed by atoms with Crippen LogP contribution in [0, 0.1) is 5.82 Å². The first-order chi connectivity index (χ1) is 15.0. The van der Waals surface area contributed by atoms with Gasteiger partial charge in [0.2, 0.25) is 0 Å². The van der Waals surface area contributed by atoms with Gasteiger partial charge in [-0.3, -0.25) is 9.69 Å². The second kappa shape index (κ2) is 8.04. The average Bonchev–Trinajstić information content (AvgIpc) is 3.26. The lowest BCUT2D eigenvalue weighted by molar-refractivity contribution is -0.113. The zero-order valence-corrected chi connectivity index (χ0v) is 19.0. The third kappa shape index (κ3) is 3.71. The van der Waals surface area contributed by atoms with Gasteiger partial charge in [-0.1, -0.05) is 57.9 Å². The van der Waals surface area contributed by atoms with Crippen molar-refractivity contribution >= 4 is 72.5 Å². The number of fused-ring (bicyclic) bond motifs is 1. The predicted molar refractivity (Wildman–Crippen MR) is 129 cm³/mol. The third-order valence-corrected chi connectivity index (χ3v) is 7.00. The smallest absolute Gasteiger partial charge is 0.266 e. The van der Waals surface area contributed by atoms with E-state index in [9.17, 15) is 9.18 Å². The fourth-order valence-electron chi connectivity index (χ4n) is 3.41. The molecule has 3 aromatic carbocycles. The highest BCUT2D eigenvalue weighted by atomic mass is 79.9. The van der Waals surface area contributed by atoms with E-state index < -0.39 is 0 Å². The van der Waals surface area contributed by atoms with Gasteiger partial charge in [0.1, 0.15) is 11.5 Å². The van der Waals surface area contributed by atoms with Gasteiger partial charge in [-0.05, 0) is 54.1 Å². The molecule has 0 aliphatic carbocycles. The highest BCUT2D eigenvalue weighted by molar-refractivity contribution is 9.10. The zero-order chi connectivity index (χ0) is 21.5. The van der Waals surface area contributed by atoms with Crippen molar-refractivity contribution in [3.63, 3.8) is 0 Å². The molecule has 3 nitrogen and oxygen atoms in total. The number of anilines is 1. The monoisotopic (exact) mass is 510 g/mol. The fourth-order valence-corrected chi connectivity index (χ4v) is 5.32. The lowest BCUT2D eigenvalue weighted by Gasteiger charge is -2.17. The van der Waals surface area contributed by atoms with E-state index >= 15 is 0 Å². The molecule has 0 saturated heterocycles. The van der Waals surface area contributed by atoms with Gasteiger partial charge >= 0.3 is 0 Å². The maximum atomic E-state index is 13.5. The number of hydrogen-bond acceptors (Lipinski definition) is 3. The normalized spacial score (nSPS) is 15.2. The Morgan fingerprint density at radius 1 is 1.03 bits per heavy atom. The minimum atomic E-state index is -0.376. The molecule has 1 aromatic heterocycles. The van der Waals surface area contributed by atoms with Crippen LogP contribution in [0.5, 0.6) is 0 Å². The van der Waals surface area contributed by atoms with Crippen LogP contribution in [0.4, 0.5) is 10.1 Å². The molecule has 0 bridgehead atoms. The molecule has 0 saturated carbocycles. The fraction of sp³-hybridized carbons (Fsp3) is 0. The van der Waals surface area contributed by atoms with Gasteiger partial charge in [0.15, 0.2) is 5.84 Å². The van der Waals surface area contributed by atoms with Crippen molar-refractivity contribution in [3.8, 4) is 0 Å². The summed E-state index contributed by atoms with van der Waals surface area (Å²) in [4.78, 5) is 20.2. The van der Waals surface area contributed by atoms with E-state index in [4.69, 9.17) is 11.6 Å². The van der Waals surface area contributed by atoms with Crippen LogP contribution in [0.3, 0.4) is 0 Å². The first-order valence-electron chi connectivity index (χ1n) is 9.34. The lowest BCUT2D eigenvalue weighted by Crippen LogP contribution is -2.32. The largest absolute Gasteiger partial charge is 0.282 e. The highest BCUT2D eigenvalue weighted by Crippen LogP contribution is 2.39. The standard InChI is InChI=1S/C24H13BrClFN2OS/c25-15-5-3-4-14(12-15)13-19-24(30)29(17-10-8-16(27)9-11-17)23(28-19)22-21(26)18-6-1-2-7-20(18)31-22/h1-13H/b19-13+. The van der Waals surface area contributed by atoms with E-state index in [0.717, 1.165) is 20.1 Å². The molecule has 0 spiro atoms. The van der Waals surface area contributed by atoms with Gasteiger partial charge in [-0.25, -0.2) is 9.38 Å². The molecule has 4 aromatic rings. The third-order valence-electron chi connectivity index (χ3n) is 4.84. The van der Waals surface area contributed by atoms with E-state index in [1.54, 1.807) is 18.2 Å². The number of hydrogen-bond donors (Lipinski definition) is 0. The van der Waals surface area contributed by atoms with E-state index in [-0.39, 0.29) is 17.4 Å². The molecule has 1 aliphatic rings. The van der Waals surface area contributed by atoms with Crippen molar-refractivity contribution in [2.24, 2.45) is 4.99 Å². The molecule has 0 N–H and O–H groups in total. The first kappa shape index (κ1) is 20.1. The summed E-state index contributed by atoms with van der Waals surface area (Å²) in [6.45, 7) is 0. The number of thiophene rings is 1. The van der Waals surface area contributed by atoms with Gasteiger partial charge < -0.3 is 0 Å². The second-order valence-corrected chi connectivity index (χ2v) is 9.22. The Kier molecular flexibility index (Phi) is 5.22. The summed E-state index contributed by atoms with van der Waals surface area (Å²) in [6.07, 6.45) is 1.73. The Labute approximate surface area is 195 Å². The van der Waals surface area contributed by atoms with Crippen LogP contribution in [-0.2, 0) is 4.79 Å². The maximum absolute atomic E-state index is 13.5. The molecule has 0 atom stereocenters. The Balaban J connectivity index is 1.69. The number of benzene rings is 3. The minimum absolute atomic E-state index is 0.283. The van der Waals surface area contributed by atoms with Crippen LogP contribution in [0.1, 0.15) is 10.4 Å². The van der Waals surface area contributed by atoms with Crippen molar-refractivity contribution in [3.05, 3.63) is 104 Å². The van der Waals surface area contributed by atoms with E-state index in [0.29, 0.717) is 21.4 Å². The summed E-state index contributed by atoms with van der Waals surface area (Å²) in [5.41, 5.74) is 1.64. The number of rotatable bonds is 3. The molecule has 5 rings (SSSR count). The molecule has 7 heteroatoms. The quantitative estimate of drug-likeness (QED) is 0.266. The molecule has 31 heavy (non-hydrogen) atoms. The molecule has 2 heterocycles. The van der Waals surface area contributed by atoms with Gasteiger partial charge in [-0.15, -0.1) is 11.3 Å². The Hall–Kier alpha value is -2.80. The van der Waals surface area contributed by atoms with Crippen LogP contribution < -0.4 is 4.90 Å². The first-order valence-corrected chi connectivity index (χ1v) is 11.3. The van der Waals surface area contributed by atoms with Crippen LogP contribution >= 0.6 is 38.9 Å². The number of carbonyl (C=O) groups is 1. The maximum Gasteiger partial charge on any atom is 0.282 e. The van der Waals surface area contributed by atoms with E-state index in [2.05, 4.69) is 20.9 Å². The minimum Gasteiger partial charge on any atom is -0.266 e. The molecule has 1 amide bonds. The van der Waals surface area contributed by atoms with Gasteiger partial charge in [-0.2, -0.15) is 0 Å². The zero-order valence-electron chi connectivity index (χ0n) is 15.9. The molecule has 0 unspecified atom stereocenters.